The average Bonchev–Trinajstić information content (AvgIpc) is 2.47. The first kappa shape index (κ1) is 15.7. The van der Waals surface area contributed by atoms with Crippen LogP contribution in [0.5, 0.6) is 0 Å². The Kier molecular flexibility index (Phi) is 5.52. The van der Waals surface area contributed by atoms with Gasteiger partial charge in [0.1, 0.15) is 5.69 Å². The second-order valence-corrected chi connectivity index (χ2v) is 5.59. The molecule has 1 aliphatic rings. The maximum Gasteiger partial charge on any atom is 0.292 e. The number of aryl methyl sites for hydroxylation is 1. The molecule has 1 fully saturated rings. The molecular weight excluding hydrogens is 270 g/mol. The van der Waals surface area contributed by atoms with Crippen LogP contribution >= 0.6 is 0 Å². The Labute approximate surface area is 125 Å². The van der Waals surface area contributed by atoms with Crippen molar-refractivity contribution in [1.82, 2.24) is 4.90 Å². The fraction of sp³-hybridized carbons (Fsp3) is 0.600. The number of benzene rings is 1. The van der Waals surface area contributed by atoms with Gasteiger partial charge in [0.25, 0.3) is 5.69 Å². The van der Waals surface area contributed by atoms with E-state index in [1.807, 2.05) is 31.1 Å². The second kappa shape index (κ2) is 7.38. The molecule has 0 unspecified atom stereocenters. The molecule has 0 aromatic heterocycles. The maximum atomic E-state index is 11.3. The lowest BCUT2D eigenvalue weighted by molar-refractivity contribution is -0.384. The van der Waals surface area contributed by atoms with Gasteiger partial charge in [-0.05, 0) is 45.1 Å². The number of morpholine rings is 1. The topological polar surface area (TPSA) is 58.8 Å². The molecule has 1 aromatic carbocycles. The summed E-state index contributed by atoms with van der Waals surface area (Å²) in [5.74, 6) is 0. The summed E-state index contributed by atoms with van der Waals surface area (Å²) in [5.41, 5.74) is 1.94. The lowest BCUT2D eigenvalue weighted by Crippen LogP contribution is -2.36. The molecular formula is C15H23N3O3. The van der Waals surface area contributed by atoms with Crippen LogP contribution in [0.3, 0.4) is 0 Å². The van der Waals surface area contributed by atoms with Crippen molar-refractivity contribution in [3.63, 3.8) is 0 Å². The van der Waals surface area contributed by atoms with Crippen LogP contribution in [0.1, 0.15) is 12.0 Å². The zero-order valence-electron chi connectivity index (χ0n) is 12.7. The largest absolute Gasteiger partial charge is 0.378 e. The van der Waals surface area contributed by atoms with E-state index < -0.39 is 0 Å². The summed E-state index contributed by atoms with van der Waals surface area (Å²) in [6.07, 6.45) is 1.86. The van der Waals surface area contributed by atoms with Crippen LogP contribution in [0.15, 0.2) is 18.2 Å². The summed E-state index contributed by atoms with van der Waals surface area (Å²) in [7, 11) is 4.06. The smallest absolute Gasteiger partial charge is 0.292 e. The van der Waals surface area contributed by atoms with Crippen molar-refractivity contribution < 1.29 is 9.66 Å². The summed E-state index contributed by atoms with van der Waals surface area (Å²) >= 11 is 0. The predicted octanol–water partition coefficient (Wildman–Crippen LogP) is 1.93. The molecule has 0 N–H and O–H groups in total. The van der Waals surface area contributed by atoms with Crippen molar-refractivity contribution in [1.29, 1.82) is 0 Å². The number of nitro groups is 1. The van der Waals surface area contributed by atoms with Gasteiger partial charge in [0, 0.05) is 19.2 Å². The van der Waals surface area contributed by atoms with Crippen molar-refractivity contribution in [3.05, 3.63) is 33.9 Å². The van der Waals surface area contributed by atoms with Crippen LogP contribution in [-0.4, -0.2) is 56.8 Å². The third-order valence-corrected chi connectivity index (χ3v) is 3.66. The fourth-order valence-electron chi connectivity index (χ4n) is 2.54. The van der Waals surface area contributed by atoms with Crippen molar-refractivity contribution in [3.8, 4) is 0 Å². The highest BCUT2D eigenvalue weighted by atomic mass is 16.6. The molecule has 2 rings (SSSR count). The molecule has 116 valence electrons. The van der Waals surface area contributed by atoms with E-state index in [0.29, 0.717) is 32.0 Å². The van der Waals surface area contributed by atoms with Gasteiger partial charge in [-0.1, -0.05) is 6.07 Å². The van der Waals surface area contributed by atoms with Gasteiger partial charge in [0.15, 0.2) is 0 Å². The Morgan fingerprint density at radius 1 is 1.33 bits per heavy atom. The molecule has 21 heavy (non-hydrogen) atoms. The van der Waals surface area contributed by atoms with Gasteiger partial charge in [-0.3, -0.25) is 10.1 Å². The number of nitro benzene ring substituents is 1. The molecule has 0 bridgehead atoms. The number of nitrogens with zero attached hydrogens (tertiary/aromatic N) is 3. The number of ether oxygens (including phenoxy) is 1. The zero-order valence-corrected chi connectivity index (χ0v) is 12.7. The van der Waals surface area contributed by atoms with Crippen LogP contribution in [0.2, 0.25) is 0 Å². The van der Waals surface area contributed by atoms with E-state index in [9.17, 15) is 10.1 Å². The van der Waals surface area contributed by atoms with Crippen LogP contribution in [0.25, 0.3) is 0 Å². The molecule has 0 aliphatic carbocycles. The third-order valence-electron chi connectivity index (χ3n) is 3.66. The minimum atomic E-state index is -0.278. The summed E-state index contributed by atoms with van der Waals surface area (Å²) in [5, 5.41) is 11.3. The zero-order chi connectivity index (χ0) is 15.2. The molecule has 6 nitrogen and oxygen atoms in total. The fourth-order valence-corrected chi connectivity index (χ4v) is 2.54. The normalized spacial score (nSPS) is 15.5. The van der Waals surface area contributed by atoms with E-state index in [1.165, 1.54) is 0 Å². The van der Waals surface area contributed by atoms with E-state index >= 15 is 0 Å². The van der Waals surface area contributed by atoms with Crippen LogP contribution in [0.4, 0.5) is 11.4 Å². The molecule has 0 radical (unpaired) electrons. The highest BCUT2D eigenvalue weighted by Gasteiger charge is 2.21. The Balaban J connectivity index is 2.12. The summed E-state index contributed by atoms with van der Waals surface area (Å²) < 4.78 is 5.30. The number of hydrogen-bond donors (Lipinski definition) is 0. The summed E-state index contributed by atoms with van der Waals surface area (Å²) in [6.45, 7) is 3.66. The molecule has 1 aliphatic heterocycles. The highest BCUT2D eigenvalue weighted by Crippen LogP contribution is 2.30. The Morgan fingerprint density at radius 3 is 2.67 bits per heavy atom. The van der Waals surface area contributed by atoms with Crippen LogP contribution < -0.4 is 4.90 Å². The van der Waals surface area contributed by atoms with E-state index in [0.717, 1.165) is 24.9 Å². The molecule has 1 aromatic rings. The number of anilines is 1. The highest BCUT2D eigenvalue weighted by molar-refractivity contribution is 5.64. The molecule has 0 spiro atoms. The standard InChI is InChI=1S/C15H23N3O3/c1-16(2)7-3-4-13-5-6-14(15(12-13)18(19)20)17-8-10-21-11-9-17/h5-6,12H,3-4,7-11H2,1-2H3. The van der Waals surface area contributed by atoms with Gasteiger partial charge in [-0.25, -0.2) is 0 Å². The van der Waals surface area contributed by atoms with Crippen molar-refractivity contribution in [2.75, 3.05) is 51.8 Å². The maximum absolute atomic E-state index is 11.3. The van der Waals surface area contributed by atoms with Gasteiger partial charge in [0.2, 0.25) is 0 Å². The predicted molar refractivity (Wildman–Crippen MR) is 83.0 cm³/mol. The van der Waals surface area contributed by atoms with E-state index in [2.05, 4.69) is 4.90 Å². The first-order valence-electron chi connectivity index (χ1n) is 7.32. The summed E-state index contributed by atoms with van der Waals surface area (Å²) in [6, 6.07) is 5.61. The Hall–Kier alpha value is -1.66. The summed E-state index contributed by atoms with van der Waals surface area (Å²) in [4.78, 5) is 15.2. The van der Waals surface area contributed by atoms with Crippen molar-refractivity contribution in [2.45, 2.75) is 12.8 Å². The third kappa shape index (κ3) is 4.41. The lowest BCUT2D eigenvalue weighted by Gasteiger charge is -2.28. The lowest BCUT2D eigenvalue weighted by atomic mass is 10.1. The second-order valence-electron chi connectivity index (χ2n) is 5.59. The molecule has 1 heterocycles. The van der Waals surface area contributed by atoms with E-state index in [1.54, 1.807) is 6.07 Å². The van der Waals surface area contributed by atoms with Crippen LogP contribution in [0, 0.1) is 10.1 Å². The monoisotopic (exact) mass is 293 g/mol. The SMILES string of the molecule is CN(C)CCCc1ccc(N2CCOCC2)c([N+](=O)[O-])c1. The van der Waals surface area contributed by atoms with E-state index in [4.69, 9.17) is 4.74 Å². The van der Waals surface area contributed by atoms with Gasteiger partial charge in [-0.15, -0.1) is 0 Å². The van der Waals surface area contributed by atoms with Crippen LogP contribution in [-0.2, 0) is 11.2 Å². The number of hydrogen-bond acceptors (Lipinski definition) is 5. The number of rotatable bonds is 6. The molecule has 1 saturated heterocycles. The van der Waals surface area contributed by atoms with Gasteiger partial charge in [-0.2, -0.15) is 0 Å². The van der Waals surface area contributed by atoms with Crippen molar-refractivity contribution in [2.24, 2.45) is 0 Å². The van der Waals surface area contributed by atoms with Gasteiger partial charge >= 0.3 is 0 Å². The quantitative estimate of drug-likeness (QED) is 0.592. The molecule has 0 atom stereocenters. The van der Waals surface area contributed by atoms with Crippen molar-refractivity contribution >= 4 is 11.4 Å². The van der Waals surface area contributed by atoms with Gasteiger partial charge < -0.3 is 14.5 Å². The molecule has 0 saturated carbocycles. The van der Waals surface area contributed by atoms with E-state index in [-0.39, 0.29) is 10.6 Å². The van der Waals surface area contributed by atoms with Gasteiger partial charge in [0.05, 0.1) is 18.1 Å². The minimum Gasteiger partial charge on any atom is -0.378 e. The molecule has 0 amide bonds. The Bertz CT molecular complexity index is 485. The first-order chi connectivity index (χ1) is 10.1. The Morgan fingerprint density at radius 2 is 2.05 bits per heavy atom. The first-order valence-corrected chi connectivity index (χ1v) is 7.32. The minimum absolute atomic E-state index is 0.208. The molecule has 6 heteroatoms. The average molecular weight is 293 g/mol.